The molecule has 0 heterocycles. The zero-order valence-corrected chi connectivity index (χ0v) is 12.1. The van der Waals surface area contributed by atoms with Gasteiger partial charge in [0.2, 0.25) is 0 Å². The summed E-state index contributed by atoms with van der Waals surface area (Å²) in [6, 6.07) is 12.8. The van der Waals surface area contributed by atoms with Crippen LogP contribution in [0.5, 0.6) is 0 Å². The molecule has 0 aromatic heterocycles. The van der Waals surface area contributed by atoms with Crippen LogP contribution in [-0.4, -0.2) is 0 Å². The molecule has 21 heavy (non-hydrogen) atoms. The summed E-state index contributed by atoms with van der Waals surface area (Å²) in [6.45, 7) is 1.54. The molecule has 0 saturated heterocycles. The van der Waals surface area contributed by atoms with E-state index in [2.05, 4.69) is 17.6 Å². The predicted octanol–water partition coefficient (Wildman–Crippen LogP) is 3.80. The predicted molar refractivity (Wildman–Crippen MR) is 80.5 cm³/mol. The van der Waals surface area contributed by atoms with Crippen LogP contribution >= 0.6 is 0 Å². The van der Waals surface area contributed by atoms with E-state index in [1.165, 1.54) is 5.56 Å². The molecular formula is C17H20F2N2. The topological polar surface area (TPSA) is 38.0 Å². The van der Waals surface area contributed by atoms with Crippen LogP contribution < -0.4 is 11.3 Å². The van der Waals surface area contributed by atoms with Crippen LogP contribution in [0, 0.1) is 18.6 Å². The van der Waals surface area contributed by atoms with Gasteiger partial charge in [-0.1, -0.05) is 42.5 Å². The van der Waals surface area contributed by atoms with Gasteiger partial charge in [-0.15, -0.1) is 0 Å². The second-order valence-corrected chi connectivity index (χ2v) is 5.20. The molecule has 4 heteroatoms. The minimum Gasteiger partial charge on any atom is -0.271 e. The molecule has 0 fully saturated rings. The van der Waals surface area contributed by atoms with Crippen LogP contribution in [0.15, 0.2) is 42.5 Å². The summed E-state index contributed by atoms with van der Waals surface area (Å²) >= 11 is 0. The highest BCUT2D eigenvalue weighted by atomic mass is 19.2. The first-order chi connectivity index (χ1) is 10.1. The zero-order chi connectivity index (χ0) is 15.2. The number of hydrogen-bond acceptors (Lipinski definition) is 2. The molecule has 0 aliphatic carbocycles. The summed E-state index contributed by atoms with van der Waals surface area (Å²) in [5.74, 6) is 3.90. The quantitative estimate of drug-likeness (QED) is 0.627. The third-order valence-electron chi connectivity index (χ3n) is 3.68. The van der Waals surface area contributed by atoms with Crippen molar-refractivity contribution in [3.05, 3.63) is 70.8 Å². The van der Waals surface area contributed by atoms with E-state index in [4.69, 9.17) is 5.84 Å². The highest BCUT2D eigenvalue weighted by molar-refractivity contribution is 5.28. The highest BCUT2D eigenvalue weighted by Gasteiger charge is 2.18. The van der Waals surface area contributed by atoms with Gasteiger partial charge in [-0.2, -0.15) is 0 Å². The van der Waals surface area contributed by atoms with Gasteiger partial charge in [0.25, 0.3) is 0 Å². The first-order valence-corrected chi connectivity index (χ1v) is 7.08. The number of benzene rings is 2. The molecule has 0 saturated carbocycles. The van der Waals surface area contributed by atoms with Gasteiger partial charge in [0, 0.05) is 11.6 Å². The van der Waals surface area contributed by atoms with Gasteiger partial charge in [0.15, 0.2) is 11.6 Å². The van der Waals surface area contributed by atoms with Crippen molar-refractivity contribution in [3.8, 4) is 0 Å². The molecule has 0 spiro atoms. The fourth-order valence-electron chi connectivity index (χ4n) is 2.41. The lowest BCUT2D eigenvalue weighted by Crippen LogP contribution is -2.29. The number of aryl methyl sites for hydroxylation is 2. The third-order valence-corrected chi connectivity index (χ3v) is 3.68. The van der Waals surface area contributed by atoms with Crippen molar-refractivity contribution in [1.29, 1.82) is 0 Å². The smallest absolute Gasteiger partial charge is 0.163 e. The maximum absolute atomic E-state index is 14.0. The van der Waals surface area contributed by atoms with Crippen LogP contribution in [0.2, 0.25) is 0 Å². The lowest BCUT2D eigenvalue weighted by molar-refractivity contribution is 0.443. The van der Waals surface area contributed by atoms with E-state index in [0.717, 1.165) is 12.8 Å². The van der Waals surface area contributed by atoms with Crippen molar-refractivity contribution < 1.29 is 8.78 Å². The molecule has 0 radical (unpaired) electrons. The standard InChI is InChI=1S/C17H20F2N2/c1-12-10-11-14(17(19)16(12)18)15(21-20)9-5-8-13-6-3-2-4-7-13/h2-4,6-7,10-11,15,21H,5,8-9,20H2,1H3. The minimum atomic E-state index is -0.808. The maximum atomic E-state index is 14.0. The van der Waals surface area contributed by atoms with Gasteiger partial charge in [-0.05, 0) is 37.3 Å². The highest BCUT2D eigenvalue weighted by Crippen LogP contribution is 2.25. The zero-order valence-electron chi connectivity index (χ0n) is 12.1. The maximum Gasteiger partial charge on any atom is 0.163 e. The van der Waals surface area contributed by atoms with Crippen LogP contribution in [0.4, 0.5) is 8.78 Å². The van der Waals surface area contributed by atoms with E-state index >= 15 is 0 Å². The second-order valence-electron chi connectivity index (χ2n) is 5.20. The number of hydrazine groups is 1. The Morgan fingerprint density at radius 1 is 1.05 bits per heavy atom. The fourth-order valence-corrected chi connectivity index (χ4v) is 2.41. The van der Waals surface area contributed by atoms with Gasteiger partial charge in [-0.3, -0.25) is 11.3 Å². The van der Waals surface area contributed by atoms with E-state index in [1.54, 1.807) is 19.1 Å². The van der Waals surface area contributed by atoms with Crippen molar-refractivity contribution >= 4 is 0 Å². The summed E-state index contributed by atoms with van der Waals surface area (Å²) in [6.07, 6.45) is 2.37. The van der Waals surface area contributed by atoms with Gasteiger partial charge in [-0.25, -0.2) is 8.78 Å². The first kappa shape index (κ1) is 15.6. The average molecular weight is 290 g/mol. The molecular weight excluding hydrogens is 270 g/mol. The van der Waals surface area contributed by atoms with Crippen molar-refractivity contribution in [2.24, 2.45) is 5.84 Å². The van der Waals surface area contributed by atoms with Crippen molar-refractivity contribution in [2.75, 3.05) is 0 Å². The molecule has 2 aromatic rings. The molecule has 1 unspecified atom stereocenters. The van der Waals surface area contributed by atoms with E-state index in [-0.39, 0.29) is 11.6 Å². The number of rotatable bonds is 6. The first-order valence-electron chi connectivity index (χ1n) is 7.08. The lowest BCUT2D eigenvalue weighted by Gasteiger charge is -2.18. The molecule has 0 bridgehead atoms. The molecule has 0 aliphatic heterocycles. The summed E-state index contributed by atoms with van der Waals surface area (Å²) in [7, 11) is 0. The van der Waals surface area contributed by atoms with Crippen LogP contribution in [0.1, 0.15) is 35.6 Å². The van der Waals surface area contributed by atoms with Gasteiger partial charge in [0.1, 0.15) is 0 Å². The summed E-state index contributed by atoms with van der Waals surface area (Å²) in [5.41, 5.74) is 4.40. The summed E-state index contributed by atoms with van der Waals surface area (Å²) in [5, 5.41) is 0. The fraction of sp³-hybridized carbons (Fsp3) is 0.294. The SMILES string of the molecule is Cc1ccc(C(CCCc2ccccc2)NN)c(F)c1F. The normalized spacial score (nSPS) is 12.4. The Morgan fingerprint density at radius 3 is 2.43 bits per heavy atom. The van der Waals surface area contributed by atoms with E-state index in [9.17, 15) is 8.78 Å². The Morgan fingerprint density at radius 2 is 1.76 bits per heavy atom. The molecule has 3 N–H and O–H groups in total. The van der Waals surface area contributed by atoms with Crippen LogP contribution in [-0.2, 0) is 6.42 Å². The summed E-state index contributed by atoms with van der Waals surface area (Å²) < 4.78 is 27.6. The van der Waals surface area contributed by atoms with E-state index in [0.29, 0.717) is 12.0 Å². The largest absolute Gasteiger partial charge is 0.271 e. The Kier molecular flexibility index (Phi) is 5.42. The Balaban J connectivity index is 2.02. The molecule has 0 amide bonds. The Hall–Kier alpha value is -1.78. The molecule has 0 aliphatic rings. The van der Waals surface area contributed by atoms with Crippen LogP contribution in [0.25, 0.3) is 0 Å². The minimum absolute atomic E-state index is 0.286. The number of halogens is 2. The van der Waals surface area contributed by atoms with Gasteiger partial charge >= 0.3 is 0 Å². The van der Waals surface area contributed by atoms with E-state index < -0.39 is 11.6 Å². The molecule has 1 atom stereocenters. The Labute approximate surface area is 124 Å². The Bertz CT molecular complexity index is 585. The molecule has 112 valence electrons. The van der Waals surface area contributed by atoms with Crippen LogP contribution in [0.3, 0.4) is 0 Å². The van der Waals surface area contributed by atoms with E-state index in [1.807, 2.05) is 18.2 Å². The number of nitrogens with one attached hydrogen (secondary N) is 1. The van der Waals surface area contributed by atoms with Crippen molar-refractivity contribution in [3.63, 3.8) is 0 Å². The van der Waals surface area contributed by atoms with Gasteiger partial charge < -0.3 is 0 Å². The van der Waals surface area contributed by atoms with Crippen molar-refractivity contribution in [2.45, 2.75) is 32.2 Å². The average Bonchev–Trinajstić information content (AvgIpc) is 2.51. The molecule has 2 nitrogen and oxygen atoms in total. The third kappa shape index (κ3) is 3.86. The second kappa shape index (κ2) is 7.29. The molecule has 2 rings (SSSR count). The van der Waals surface area contributed by atoms with Gasteiger partial charge in [0.05, 0.1) is 0 Å². The number of hydrogen-bond donors (Lipinski definition) is 2. The number of nitrogens with two attached hydrogens (primary N) is 1. The lowest BCUT2D eigenvalue weighted by atomic mass is 9.98. The van der Waals surface area contributed by atoms with Crippen molar-refractivity contribution in [1.82, 2.24) is 5.43 Å². The molecule has 2 aromatic carbocycles. The monoisotopic (exact) mass is 290 g/mol. The summed E-state index contributed by atoms with van der Waals surface area (Å²) in [4.78, 5) is 0.